The highest BCUT2D eigenvalue weighted by atomic mass is 16.5. The summed E-state index contributed by atoms with van der Waals surface area (Å²) in [7, 11) is 3.42. The van der Waals surface area contributed by atoms with Crippen LogP contribution >= 0.6 is 0 Å². The van der Waals surface area contributed by atoms with E-state index in [0.717, 1.165) is 36.3 Å². The summed E-state index contributed by atoms with van der Waals surface area (Å²) in [4.78, 5) is 28.1. The molecule has 2 amide bonds. The van der Waals surface area contributed by atoms with E-state index in [1.807, 2.05) is 23.1 Å². The minimum Gasteiger partial charge on any atom is -0.496 e. The molecule has 1 aromatic carbocycles. The molecule has 0 bridgehead atoms. The van der Waals surface area contributed by atoms with Crippen LogP contribution in [0.5, 0.6) is 5.75 Å². The lowest BCUT2D eigenvalue weighted by atomic mass is 10.0. The topological polar surface area (TPSA) is 49.9 Å². The first-order valence-electron chi connectivity index (χ1n) is 7.83. The molecule has 1 aromatic rings. The fourth-order valence-electron chi connectivity index (χ4n) is 3.42. The number of rotatable bonds is 2. The van der Waals surface area contributed by atoms with E-state index in [9.17, 15) is 9.59 Å². The monoisotopic (exact) mass is 302 g/mol. The van der Waals surface area contributed by atoms with E-state index in [4.69, 9.17) is 4.74 Å². The van der Waals surface area contributed by atoms with Crippen molar-refractivity contribution in [1.29, 1.82) is 0 Å². The Hall–Kier alpha value is -2.04. The minimum absolute atomic E-state index is 0.0547. The van der Waals surface area contributed by atoms with Crippen LogP contribution in [0, 0.1) is 5.92 Å². The molecule has 1 atom stereocenters. The third-order valence-electron chi connectivity index (χ3n) is 4.63. The van der Waals surface area contributed by atoms with Gasteiger partial charge in [-0.15, -0.1) is 0 Å². The van der Waals surface area contributed by atoms with Gasteiger partial charge in [0.05, 0.1) is 18.7 Å². The highest BCUT2D eigenvalue weighted by molar-refractivity contribution is 5.99. The molecule has 0 aromatic heterocycles. The first kappa shape index (κ1) is 14.9. The first-order valence-corrected chi connectivity index (χ1v) is 7.83. The molecule has 0 aliphatic carbocycles. The Morgan fingerprint density at radius 3 is 2.82 bits per heavy atom. The number of methoxy groups -OCH3 is 1. The molecule has 0 radical (unpaired) electrons. The average Bonchev–Trinajstić information content (AvgIpc) is 2.74. The van der Waals surface area contributed by atoms with Crippen molar-refractivity contribution in [3.63, 3.8) is 0 Å². The number of fused-ring (bicyclic) bond motifs is 1. The summed E-state index contributed by atoms with van der Waals surface area (Å²) < 4.78 is 5.46. The summed E-state index contributed by atoms with van der Waals surface area (Å²) in [6.45, 7) is 1.24. The summed E-state index contributed by atoms with van der Waals surface area (Å²) in [5, 5.41) is 0. The van der Waals surface area contributed by atoms with Gasteiger partial charge < -0.3 is 14.5 Å². The van der Waals surface area contributed by atoms with Crippen LogP contribution < -0.4 is 9.64 Å². The summed E-state index contributed by atoms with van der Waals surface area (Å²) in [6.07, 6.45) is 3.26. The number of likely N-dealkylation sites (tertiary alicyclic amines) is 1. The minimum atomic E-state index is -0.227. The SMILES string of the molecule is COc1cccc2c1CCCCN2C(=O)[C@@H]1CC(=O)N(C)C1. The Labute approximate surface area is 130 Å². The van der Waals surface area contributed by atoms with Gasteiger partial charge in [-0.2, -0.15) is 0 Å². The van der Waals surface area contributed by atoms with E-state index in [1.54, 1.807) is 19.1 Å². The largest absolute Gasteiger partial charge is 0.496 e. The summed E-state index contributed by atoms with van der Waals surface area (Å²) in [6, 6.07) is 5.86. The lowest BCUT2D eigenvalue weighted by molar-refractivity contribution is -0.127. The fraction of sp³-hybridized carbons (Fsp3) is 0.529. The lowest BCUT2D eigenvalue weighted by Gasteiger charge is -2.26. The number of amides is 2. The number of anilines is 1. The van der Waals surface area contributed by atoms with Crippen molar-refractivity contribution in [2.24, 2.45) is 5.92 Å². The number of carbonyl (C=O) groups excluding carboxylic acids is 2. The van der Waals surface area contributed by atoms with Crippen molar-refractivity contribution in [2.75, 3.05) is 32.1 Å². The van der Waals surface area contributed by atoms with Gasteiger partial charge in [-0.3, -0.25) is 9.59 Å². The normalized spacial score (nSPS) is 21.5. The van der Waals surface area contributed by atoms with E-state index in [0.29, 0.717) is 19.5 Å². The van der Waals surface area contributed by atoms with Gasteiger partial charge in [0.15, 0.2) is 0 Å². The zero-order chi connectivity index (χ0) is 15.7. The molecule has 2 aliphatic heterocycles. The predicted molar refractivity (Wildman–Crippen MR) is 84.0 cm³/mol. The highest BCUT2D eigenvalue weighted by Gasteiger charge is 2.36. The molecule has 1 saturated heterocycles. The zero-order valence-corrected chi connectivity index (χ0v) is 13.2. The smallest absolute Gasteiger partial charge is 0.232 e. The third-order valence-corrected chi connectivity index (χ3v) is 4.63. The third kappa shape index (κ3) is 2.56. The Morgan fingerprint density at radius 1 is 1.32 bits per heavy atom. The van der Waals surface area contributed by atoms with E-state index in [-0.39, 0.29) is 17.7 Å². The number of hydrogen-bond donors (Lipinski definition) is 0. The van der Waals surface area contributed by atoms with Gasteiger partial charge in [-0.25, -0.2) is 0 Å². The van der Waals surface area contributed by atoms with E-state index in [2.05, 4.69) is 0 Å². The summed E-state index contributed by atoms with van der Waals surface area (Å²) in [5.74, 6) is 0.736. The van der Waals surface area contributed by atoms with Crippen LogP contribution in [0.4, 0.5) is 5.69 Å². The Bertz CT molecular complexity index is 600. The maximum absolute atomic E-state index is 12.9. The maximum atomic E-state index is 12.9. The van der Waals surface area contributed by atoms with Crippen molar-refractivity contribution in [3.8, 4) is 5.75 Å². The number of ether oxygens (including phenoxy) is 1. The molecule has 22 heavy (non-hydrogen) atoms. The van der Waals surface area contributed by atoms with Gasteiger partial charge >= 0.3 is 0 Å². The second-order valence-corrected chi connectivity index (χ2v) is 6.08. The molecule has 0 N–H and O–H groups in total. The van der Waals surface area contributed by atoms with Crippen LogP contribution in [0.2, 0.25) is 0 Å². The molecule has 5 nitrogen and oxygen atoms in total. The molecule has 5 heteroatoms. The number of nitrogens with zero attached hydrogens (tertiary/aromatic N) is 2. The lowest BCUT2D eigenvalue weighted by Crippen LogP contribution is -2.38. The van der Waals surface area contributed by atoms with Crippen LogP contribution in [-0.2, 0) is 16.0 Å². The predicted octanol–water partition coefficient (Wildman–Crippen LogP) is 1.84. The molecule has 3 rings (SSSR count). The van der Waals surface area contributed by atoms with Gasteiger partial charge in [0.1, 0.15) is 5.75 Å². The average molecular weight is 302 g/mol. The zero-order valence-electron chi connectivity index (χ0n) is 13.2. The van der Waals surface area contributed by atoms with Crippen molar-refractivity contribution < 1.29 is 14.3 Å². The van der Waals surface area contributed by atoms with Crippen LogP contribution in [0.3, 0.4) is 0 Å². The number of hydrogen-bond acceptors (Lipinski definition) is 3. The molecule has 118 valence electrons. The van der Waals surface area contributed by atoms with Crippen LogP contribution in [0.1, 0.15) is 24.8 Å². The number of carbonyl (C=O) groups is 2. The molecule has 2 heterocycles. The first-order chi connectivity index (χ1) is 10.6. The van der Waals surface area contributed by atoms with Crippen LogP contribution in [0.25, 0.3) is 0 Å². The van der Waals surface area contributed by atoms with E-state index < -0.39 is 0 Å². The molecule has 0 spiro atoms. The Balaban J connectivity index is 1.92. The van der Waals surface area contributed by atoms with Gasteiger partial charge in [0, 0.05) is 32.1 Å². The van der Waals surface area contributed by atoms with Crippen LogP contribution in [0.15, 0.2) is 18.2 Å². The summed E-state index contributed by atoms with van der Waals surface area (Å²) in [5.41, 5.74) is 2.05. The van der Waals surface area contributed by atoms with Crippen molar-refractivity contribution >= 4 is 17.5 Å². The molecular formula is C17H22N2O3. The van der Waals surface area contributed by atoms with Gasteiger partial charge in [-0.1, -0.05) is 6.07 Å². The second-order valence-electron chi connectivity index (χ2n) is 6.08. The van der Waals surface area contributed by atoms with Gasteiger partial charge in [-0.05, 0) is 31.4 Å². The quantitative estimate of drug-likeness (QED) is 0.837. The van der Waals surface area contributed by atoms with Crippen molar-refractivity contribution in [3.05, 3.63) is 23.8 Å². The van der Waals surface area contributed by atoms with Gasteiger partial charge in [0.2, 0.25) is 11.8 Å². The standard InChI is InChI=1S/C17H22N2O3/c1-18-11-12(10-16(18)20)17(21)19-9-4-3-6-13-14(19)7-5-8-15(13)22-2/h5,7-8,12H,3-4,6,9-11H2,1-2H3/t12-/m1/s1. The van der Waals surface area contributed by atoms with E-state index in [1.165, 1.54) is 0 Å². The van der Waals surface area contributed by atoms with Crippen molar-refractivity contribution in [1.82, 2.24) is 4.90 Å². The molecule has 0 saturated carbocycles. The second kappa shape index (κ2) is 5.99. The van der Waals surface area contributed by atoms with Crippen molar-refractivity contribution in [2.45, 2.75) is 25.7 Å². The molecule has 0 unspecified atom stereocenters. The molecular weight excluding hydrogens is 280 g/mol. The molecule has 2 aliphatic rings. The van der Waals surface area contributed by atoms with Crippen LogP contribution in [-0.4, -0.2) is 44.0 Å². The van der Waals surface area contributed by atoms with Gasteiger partial charge in [0.25, 0.3) is 0 Å². The fourth-order valence-corrected chi connectivity index (χ4v) is 3.42. The summed E-state index contributed by atoms with van der Waals surface area (Å²) >= 11 is 0. The Morgan fingerprint density at radius 2 is 2.14 bits per heavy atom. The highest BCUT2D eigenvalue weighted by Crippen LogP contribution is 2.35. The molecule has 1 fully saturated rings. The maximum Gasteiger partial charge on any atom is 0.232 e. The number of benzene rings is 1. The van der Waals surface area contributed by atoms with E-state index >= 15 is 0 Å². The Kier molecular flexibility index (Phi) is 4.05.